The highest BCUT2D eigenvalue weighted by atomic mass is 16.1. The zero-order valence-corrected chi connectivity index (χ0v) is 11.4. The molecule has 0 spiro atoms. The van der Waals surface area contributed by atoms with E-state index in [1.165, 1.54) is 31.2 Å². The molecule has 0 unspecified atom stereocenters. The van der Waals surface area contributed by atoms with Crippen LogP contribution in [0.4, 0.5) is 0 Å². The first-order valence-corrected chi connectivity index (χ1v) is 6.94. The van der Waals surface area contributed by atoms with Crippen molar-refractivity contribution in [3.63, 3.8) is 0 Å². The number of allylic oxidation sites excluding steroid dienone is 2. The second-order valence-corrected chi connectivity index (χ2v) is 5.61. The first-order chi connectivity index (χ1) is 8.65. The van der Waals surface area contributed by atoms with E-state index in [-0.39, 0.29) is 5.78 Å². The van der Waals surface area contributed by atoms with E-state index in [1.54, 1.807) is 6.08 Å². The molecule has 1 aromatic carbocycles. The van der Waals surface area contributed by atoms with Crippen molar-refractivity contribution in [1.29, 1.82) is 0 Å². The van der Waals surface area contributed by atoms with Crippen molar-refractivity contribution in [3.05, 3.63) is 47.5 Å². The SMILES string of the molecule is Cc1ccc(C(=O)/C=C/C2CCC(C)CC2)cc1. The highest BCUT2D eigenvalue weighted by Gasteiger charge is 2.15. The van der Waals surface area contributed by atoms with Gasteiger partial charge in [-0.05, 0) is 37.7 Å². The van der Waals surface area contributed by atoms with Gasteiger partial charge < -0.3 is 0 Å². The van der Waals surface area contributed by atoms with Crippen LogP contribution < -0.4 is 0 Å². The molecular weight excluding hydrogens is 220 g/mol. The fourth-order valence-corrected chi connectivity index (χ4v) is 2.52. The smallest absolute Gasteiger partial charge is 0.185 e. The lowest BCUT2D eigenvalue weighted by atomic mass is 9.83. The summed E-state index contributed by atoms with van der Waals surface area (Å²) in [5.41, 5.74) is 1.98. The predicted octanol–water partition coefficient (Wildman–Crippen LogP) is 4.56. The molecule has 0 radical (unpaired) electrons. The Balaban J connectivity index is 1.92. The van der Waals surface area contributed by atoms with Gasteiger partial charge in [-0.3, -0.25) is 4.79 Å². The number of carbonyl (C=O) groups is 1. The van der Waals surface area contributed by atoms with Gasteiger partial charge >= 0.3 is 0 Å². The third kappa shape index (κ3) is 3.56. The summed E-state index contributed by atoms with van der Waals surface area (Å²) in [4.78, 5) is 12.0. The van der Waals surface area contributed by atoms with Gasteiger partial charge in [0, 0.05) is 5.56 Å². The highest BCUT2D eigenvalue weighted by molar-refractivity contribution is 6.04. The van der Waals surface area contributed by atoms with E-state index in [4.69, 9.17) is 0 Å². The van der Waals surface area contributed by atoms with Gasteiger partial charge in [0.05, 0.1) is 0 Å². The van der Waals surface area contributed by atoms with Gasteiger partial charge in [0.15, 0.2) is 5.78 Å². The van der Waals surface area contributed by atoms with Crippen LogP contribution in [-0.4, -0.2) is 5.78 Å². The lowest BCUT2D eigenvalue weighted by molar-refractivity contribution is 0.104. The maximum Gasteiger partial charge on any atom is 0.185 e. The third-order valence-corrected chi connectivity index (χ3v) is 3.92. The van der Waals surface area contributed by atoms with Crippen molar-refractivity contribution in [1.82, 2.24) is 0 Å². The van der Waals surface area contributed by atoms with Gasteiger partial charge in [0.2, 0.25) is 0 Å². The number of benzene rings is 1. The zero-order valence-electron chi connectivity index (χ0n) is 11.4. The second kappa shape index (κ2) is 5.99. The minimum Gasteiger partial charge on any atom is -0.289 e. The first-order valence-electron chi connectivity index (χ1n) is 6.94. The number of aryl methyl sites for hydroxylation is 1. The van der Waals surface area contributed by atoms with Crippen molar-refractivity contribution < 1.29 is 4.79 Å². The molecule has 1 saturated carbocycles. The monoisotopic (exact) mass is 242 g/mol. The van der Waals surface area contributed by atoms with E-state index in [9.17, 15) is 4.79 Å². The molecule has 0 saturated heterocycles. The summed E-state index contributed by atoms with van der Waals surface area (Å²) in [6.07, 6.45) is 8.96. The third-order valence-electron chi connectivity index (χ3n) is 3.92. The lowest BCUT2D eigenvalue weighted by Crippen LogP contribution is -2.10. The van der Waals surface area contributed by atoms with Gasteiger partial charge in [0.25, 0.3) is 0 Å². The Kier molecular flexibility index (Phi) is 4.35. The zero-order chi connectivity index (χ0) is 13.0. The fourth-order valence-electron chi connectivity index (χ4n) is 2.52. The maximum absolute atomic E-state index is 12.0. The van der Waals surface area contributed by atoms with Crippen LogP contribution in [0.15, 0.2) is 36.4 Å². The van der Waals surface area contributed by atoms with Crippen LogP contribution in [0.5, 0.6) is 0 Å². The Morgan fingerprint density at radius 2 is 1.72 bits per heavy atom. The van der Waals surface area contributed by atoms with Crippen molar-refractivity contribution >= 4 is 5.78 Å². The summed E-state index contributed by atoms with van der Waals surface area (Å²) < 4.78 is 0. The highest BCUT2D eigenvalue weighted by Crippen LogP contribution is 2.29. The quantitative estimate of drug-likeness (QED) is 0.561. The van der Waals surface area contributed by atoms with E-state index in [0.29, 0.717) is 5.92 Å². The molecule has 1 aromatic rings. The van der Waals surface area contributed by atoms with Crippen LogP contribution >= 0.6 is 0 Å². The van der Waals surface area contributed by atoms with E-state index in [0.717, 1.165) is 11.5 Å². The van der Waals surface area contributed by atoms with Gasteiger partial charge in [-0.1, -0.05) is 55.7 Å². The predicted molar refractivity (Wildman–Crippen MR) is 75.8 cm³/mol. The molecule has 1 aliphatic carbocycles. The van der Waals surface area contributed by atoms with Crippen LogP contribution in [0, 0.1) is 18.8 Å². The molecule has 2 rings (SSSR count). The molecule has 0 atom stereocenters. The first kappa shape index (κ1) is 13.1. The summed E-state index contributed by atoms with van der Waals surface area (Å²) in [5.74, 6) is 1.60. The molecule has 1 aliphatic rings. The van der Waals surface area contributed by atoms with Crippen molar-refractivity contribution in [3.8, 4) is 0 Å². The fraction of sp³-hybridized carbons (Fsp3) is 0.471. The standard InChI is InChI=1S/C17H22O/c1-13-3-7-15(8-4-13)9-12-17(18)16-10-5-14(2)6-11-16/h5-6,9-13,15H,3-4,7-8H2,1-2H3/b12-9+. The molecule has 1 nitrogen and oxygen atoms in total. The number of hydrogen-bond donors (Lipinski definition) is 0. The van der Waals surface area contributed by atoms with Gasteiger partial charge in [-0.25, -0.2) is 0 Å². The second-order valence-electron chi connectivity index (χ2n) is 5.61. The van der Waals surface area contributed by atoms with Crippen LogP contribution in [0.2, 0.25) is 0 Å². The van der Waals surface area contributed by atoms with Gasteiger partial charge in [0.1, 0.15) is 0 Å². The maximum atomic E-state index is 12.0. The topological polar surface area (TPSA) is 17.1 Å². The summed E-state index contributed by atoms with van der Waals surface area (Å²) in [7, 11) is 0. The average Bonchev–Trinajstić information content (AvgIpc) is 2.38. The molecule has 0 heterocycles. The lowest BCUT2D eigenvalue weighted by Gasteiger charge is -2.23. The Morgan fingerprint density at radius 1 is 1.11 bits per heavy atom. The van der Waals surface area contributed by atoms with Crippen molar-refractivity contribution in [2.45, 2.75) is 39.5 Å². The summed E-state index contributed by atoms with van der Waals surface area (Å²) >= 11 is 0. The summed E-state index contributed by atoms with van der Waals surface area (Å²) in [6, 6.07) is 7.79. The molecule has 0 amide bonds. The van der Waals surface area contributed by atoms with Crippen LogP contribution in [0.25, 0.3) is 0 Å². The molecule has 1 heteroatoms. The molecule has 1 fully saturated rings. The Labute approximate surface area is 110 Å². The van der Waals surface area contributed by atoms with Crippen LogP contribution in [0.3, 0.4) is 0 Å². The van der Waals surface area contributed by atoms with E-state index >= 15 is 0 Å². The van der Waals surface area contributed by atoms with E-state index < -0.39 is 0 Å². The number of hydrogen-bond acceptors (Lipinski definition) is 1. The molecule has 18 heavy (non-hydrogen) atoms. The van der Waals surface area contributed by atoms with Crippen molar-refractivity contribution in [2.24, 2.45) is 11.8 Å². The van der Waals surface area contributed by atoms with Gasteiger partial charge in [-0.2, -0.15) is 0 Å². The number of ketones is 1. The number of carbonyl (C=O) groups excluding carboxylic acids is 1. The molecule has 0 aliphatic heterocycles. The molecule has 0 aromatic heterocycles. The van der Waals surface area contributed by atoms with E-state index in [1.807, 2.05) is 31.2 Å². The van der Waals surface area contributed by atoms with Crippen LogP contribution in [0.1, 0.15) is 48.5 Å². The molecular formula is C17H22O. The Hall–Kier alpha value is -1.37. The summed E-state index contributed by atoms with van der Waals surface area (Å²) in [6.45, 7) is 4.35. The van der Waals surface area contributed by atoms with E-state index in [2.05, 4.69) is 13.0 Å². The Morgan fingerprint density at radius 3 is 2.33 bits per heavy atom. The normalized spacial score (nSPS) is 24.3. The Bertz CT molecular complexity index is 419. The molecule has 0 bridgehead atoms. The van der Waals surface area contributed by atoms with Crippen LogP contribution in [-0.2, 0) is 0 Å². The number of rotatable bonds is 3. The molecule has 0 N–H and O–H groups in total. The average molecular weight is 242 g/mol. The summed E-state index contributed by atoms with van der Waals surface area (Å²) in [5, 5.41) is 0. The van der Waals surface area contributed by atoms with Gasteiger partial charge in [-0.15, -0.1) is 0 Å². The largest absolute Gasteiger partial charge is 0.289 e. The molecule has 96 valence electrons. The minimum absolute atomic E-state index is 0.133. The minimum atomic E-state index is 0.133. The van der Waals surface area contributed by atoms with Crippen molar-refractivity contribution in [2.75, 3.05) is 0 Å².